The normalized spacial score (nSPS) is 14.8. The lowest BCUT2D eigenvalue weighted by Gasteiger charge is -2.38. The quantitative estimate of drug-likeness (QED) is 0.272. The minimum atomic E-state index is -4.85. The average molecular weight is 579 g/mol. The van der Waals surface area contributed by atoms with Gasteiger partial charge in [-0.1, -0.05) is 53.1 Å². The van der Waals surface area contributed by atoms with E-state index in [-0.39, 0.29) is 5.02 Å². The third kappa shape index (κ3) is 6.03. The first-order valence-corrected chi connectivity index (χ1v) is 15.7. The van der Waals surface area contributed by atoms with E-state index < -0.39 is 20.2 Å². The molecule has 1 aliphatic rings. The average Bonchev–Trinajstić information content (AvgIpc) is 3.22. The molecule has 0 atom stereocenters. The summed E-state index contributed by atoms with van der Waals surface area (Å²) in [5.41, 5.74) is 6.45. The molecule has 210 valence electrons. The first-order valence-electron chi connectivity index (χ1n) is 13.1. The van der Waals surface area contributed by atoms with E-state index in [2.05, 4.69) is 72.9 Å². The molecule has 0 saturated carbocycles. The zero-order valence-corrected chi connectivity index (χ0v) is 24.8. The van der Waals surface area contributed by atoms with Gasteiger partial charge >= 0.3 is 6.36 Å². The van der Waals surface area contributed by atoms with Crippen molar-refractivity contribution in [3.05, 3.63) is 35.2 Å². The van der Waals surface area contributed by atoms with Gasteiger partial charge in [0.1, 0.15) is 19.3 Å². The number of nitrogens with zero attached hydrogens (tertiary/aromatic N) is 5. The minimum absolute atomic E-state index is 0.183. The molecule has 12 heteroatoms. The number of piperazine rings is 1. The van der Waals surface area contributed by atoms with Crippen molar-refractivity contribution in [3.8, 4) is 22.9 Å². The van der Waals surface area contributed by atoms with Crippen LogP contribution in [0.5, 0.6) is 5.75 Å². The number of benzene rings is 1. The number of hydrogen-bond acceptors (Lipinski definition) is 6. The van der Waals surface area contributed by atoms with E-state index in [9.17, 15) is 13.2 Å². The van der Waals surface area contributed by atoms with Crippen molar-refractivity contribution in [2.75, 3.05) is 31.1 Å². The monoisotopic (exact) mass is 578 g/mol. The molecule has 3 aromatic rings. The van der Waals surface area contributed by atoms with Gasteiger partial charge in [-0.25, -0.2) is 9.97 Å². The van der Waals surface area contributed by atoms with Crippen molar-refractivity contribution >= 4 is 36.8 Å². The van der Waals surface area contributed by atoms with Crippen LogP contribution in [0.3, 0.4) is 0 Å². The molecule has 1 saturated heterocycles. The van der Waals surface area contributed by atoms with E-state index in [1.807, 2.05) is 0 Å². The molecule has 4 rings (SSSR count). The van der Waals surface area contributed by atoms with Crippen LogP contribution in [0.15, 0.2) is 24.4 Å². The van der Waals surface area contributed by atoms with E-state index in [0.717, 1.165) is 26.2 Å². The van der Waals surface area contributed by atoms with Crippen molar-refractivity contribution in [1.29, 1.82) is 0 Å². The van der Waals surface area contributed by atoms with Crippen LogP contribution in [0.25, 0.3) is 16.9 Å². The number of halogens is 4. The smallest absolute Gasteiger partial charge is 0.404 e. The Morgan fingerprint density at radius 2 is 1.67 bits per heavy atom. The second-order valence-electron chi connectivity index (χ2n) is 10.7. The first-order chi connectivity index (χ1) is 18.3. The van der Waals surface area contributed by atoms with Crippen LogP contribution < -0.4 is 15.0 Å². The van der Waals surface area contributed by atoms with Gasteiger partial charge in [-0.15, -0.1) is 18.7 Å². The highest BCUT2D eigenvalue weighted by Crippen LogP contribution is 2.41. The van der Waals surface area contributed by atoms with Crippen molar-refractivity contribution in [2.24, 2.45) is 0 Å². The maximum Gasteiger partial charge on any atom is 0.573 e. The molecule has 2 aromatic heterocycles. The highest BCUT2D eigenvalue weighted by Gasteiger charge is 2.42. The summed E-state index contributed by atoms with van der Waals surface area (Å²) < 4.78 is 44.4. The summed E-state index contributed by atoms with van der Waals surface area (Å²) in [5, 5.41) is 3.13. The zero-order chi connectivity index (χ0) is 28.5. The van der Waals surface area contributed by atoms with Crippen molar-refractivity contribution in [1.82, 2.24) is 24.8 Å². The van der Waals surface area contributed by atoms with Gasteiger partial charge in [-0.3, -0.25) is 4.57 Å². The maximum atomic E-state index is 12.9. The molecule has 1 fully saturated rings. The fourth-order valence-corrected chi connectivity index (χ4v) is 11.1. The second-order valence-corrected chi connectivity index (χ2v) is 16.7. The van der Waals surface area contributed by atoms with E-state index in [0.29, 0.717) is 45.2 Å². The van der Waals surface area contributed by atoms with E-state index in [1.165, 1.54) is 18.2 Å². The molecule has 0 bridgehead atoms. The fraction of sp³-hybridized carbons (Fsp3) is 0.519. The summed E-state index contributed by atoms with van der Waals surface area (Å²) in [7, 11) is -2.10. The summed E-state index contributed by atoms with van der Waals surface area (Å²) in [5.74, 6) is 3.89. The van der Waals surface area contributed by atoms with Crippen LogP contribution >= 0.6 is 11.6 Å². The third-order valence-corrected chi connectivity index (χ3v) is 14.0. The second kappa shape index (κ2) is 11.4. The molecule has 3 heterocycles. The maximum absolute atomic E-state index is 12.9. The number of aromatic nitrogens is 4. The Kier molecular flexibility index (Phi) is 8.49. The van der Waals surface area contributed by atoms with Gasteiger partial charge in [-0.05, 0) is 40.7 Å². The topological polar surface area (TPSA) is 68.1 Å². The van der Waals surface area contributed by atoms with Crippen LogP contribution in [-0.2, 0) is 0 Å². The van der Waals surface area contributed by atoms with Gasteiger partial charge in [0.25, 0.3) is 0 Å². The van der Waals surface area contributed by atoms with Gasteiger partial charge in [0.2, 0.25) is 5.95 Å². The molecule has 0 unspecified atom stereocenters. The molecule has 0 radical (unpaired) electrons. The number of fused-ring (bicyclic) bond motifs is 1. The van der Waals surface area contributed by atoms with Gasteiger partial charge in [-0.2, -0.15) is 4.98 Å². The summed E-state index contributed by atoms with van der Waals surface area (Å²) in [6.45, 7) is 16.5. The number of alkyl halides is 3. The number of ether oxygens (including phenoxy) is 1. The van der Waals surface area contributed by atoms with Crippen LogP contribution in [-0.4, -0.2) is 60.1 Å². The van der Waals surface area contributed by atoms with E-state index in [1.54, 1.807) is 10.8 Å². The van der Waals surface area contributed by atoms with Crippen LogP contribution in [0.1, 0.15) is 47.4 Å². The molecule has 1 aromatic carbocycles. The largest absolute Gasteiger partial charge is 0.573 e. The van der Waals surface area contributed by atoms with Crippen molar-refractivity contribution in [2.45, 2.75) is 64.5 Å². The van der Waals surface area contributed by atoms with Crippen molar-refractivity contribution < 1.29 is 17.9 Å². The molecular weight excluding hydrogens is 545 g/mol. The summed E-state index contributed by atoms with van der Waals surface area (Å²) in [6, 6.07) is 4.12. The Labute approximate surface area is 233 Å². The lowest BCUT2D eigenvalue weighted by atomic mass is 10.3. The van der Waals surface area contributed by atoms with E-state index >= 15 is 0 Å². The number of anilines is 1. The molecule has 39 heavy (non-hydrogen) atoms. The SMILES string of the molecule is CC(C)[Si](C#Cc1nc2cnc(N3CCNCC3)nc2n1-c1ccc(OC(F)(F)F)c(Cl)c1)(C(C)C)C(C)C. The molecule has 1 N–H and O–H groups in total. The van der Waals surface area contributed by atoms with Gasteiger partial charge in [0, 0.05) is 26.2 Å². The van der Waals surface area contributed by atoms with Crippen LogP contribution in [0, 0.1) is 11.5 Å². The molecule has 7 nitrogen and oxygen atoms in total. The van der Waals surface area contributed by atoms with Gasteiger partial charge in [0.05, 0.1) is 16.9 Å². The highest BCUT2D eigenvalue weighted by molar-refractivity contribution is 6.90. The minimum Gasteiger partial charge on any atom is -0.404 e. The predicted molar refractivity (Wildman–Crippen MR) is 151 cm³/mol. The molecular formula is C27H34ClF3N6OSi. The third-order valence-electron chi connectivity index (χ3n) is 7.44. The molecule has 0 amide bonds. The number of nitrogens with one attached hydrogen (secondary N) is 1. The fourth-order valence-electron chi connectivity index (χ4n) is 5.64. The van der Waals surface area contributed by atoms with Crippen LogP contribution in [0.2, 0.25) is 21.6 Å². The number of imidazole rings is 1. The predicted octanol–water partition coefficient (Wildman–Crippen LogP) is 6.35. The van der Waals surface area contributed by atoms with Gasteiger partial charge in [0.15, 0.2) is 11.5 Å². The first kappa shape index (κ1) is 29.2. The molecule has 0 aliphatic carbocycles. The Balaban J connectivity index is 1.92. The lowest BCUT2D eigenvalue weighted by molar-refractivity contribution is -0.274. The summed E-state index contributed by atoms with van der Waals surface area (Å²) >= 11 is 6.25. The lowest BCUT2D eigenvalue weighted by Crippen LogP contribution is -2.44. The molecule has 1 aliphatic heterocycles. The highest BCUT2D eigenvalue weighted by atomic mass is 35.5. The Hall–Kier alpha value is -2.81. The Bertz CT molecular complexity index is 1370. The zero-order valence-electron chi connectivity index (χ0n) is 23.0. The summed E-state index contributed by atoms with van der Waals surface area (Å²) in [6.07, 6.45) is -3.18. The molecule has 0 spiro atoms. The van der Waals surface area contributed by atoms with Crippen molar-refractivity contribution in [3.63, 3.8) is 0 Å². The Morgan fingerprint density at radius 3 is 2.23 bits per heavy atom. The van der Waals surface area contributed by atoms with Gasteiger partial charge < -0.3 is 15.0 Å². The Morgan fingerprint density at radius 1 is 1.03 bits per heavy atom. The summed E-state index contributed by atoms with van der Waals surface area (Å²) in [4.78, 5) is 16.2. The standard InChI is InChI=1S/C27H34ClF3N6OSi/c1-17(2)39(18(3)4,19(5)6)14-9-24-34-22-16-33-26(36-12-10-32-11-13-36)35-25(22)37(24)20-7-8-23(21(28)15-20)38-27(29,30)31/h7-8,15-19,32H,10-13H2,1-6H3. The van der Waals surface area contributed by atoms with E-state index in [4.69, 9.17) is 21.6 Å². The van der Waals surface area contributed by atoms with Crippen LogP contribution in [0.4, 0.5) is 19.1 Å². The number of hydrogen-bond donors (Lipinski definition) is 1. The number of rotatable bonds is 6.